The smallest absolute Gasteiger partial charge is 0.337 e. The fraction of sp³-hybridized carbons (Fsp3) is 0.500. The fourth-order valence-electron chi connectivity index (χ4n) is 2.49. The summed E-state index contributed by atoms with van der Waals surface area (Å²) in [5.41, 5.74) is 0.964. The lowest BCUT2D eigenvalue weighted by Gasteiger charge is -2.21. The molecule has 1 aliphatic heterocycles. The Balaban J connectivity index is 2.43. The summed E-state index contributed by atoms with van der Waals surface area (Å²) in [5.74, 6) is -0.486. The van der Waals surface area contributed by atoms with Gasteiger partial charge in [-0.15, -0.1) is 0 Å². The van der Waals surface area contributed by atoms with Gasteiger partial charge in [0.2, 0.25) is 0 Å². The van der Waals surface area contributed by atoms with Crippen LogP contribution in [0.5, 0.6) is 0 Å². The molecule has 1 saturated heterocycles. The number of ether oxygens (including phenoxy) is 1. The molecule has 0 amide bonds. The third kappa shape index (κ3) is 2.74. The Bertz CT molecular complexity index is 554. The largest absolute Gasteiger partial charge is 0.465 e. The van der Waals surface area contributed by atoms with Gasteiger partial charge in [0.1, 0.15) is 5.69 Å². The van der Waals surface area contributed by atoms with E-state index in [2.05, 4.69) is 18.6 Å². The van der Waals surface area contributed by atoms with Gasteiger partial charge in [0.25, 0.3) is 5.69 Å². The summed E-state index contributed by atoms with van der Waals surface area (Å²) < 4.78 is 4.67. The first kappa shape index (κ1) is 14.3. The van der Waals surface area contributed by atoms with Crippen molar-refractivity contribution in [1.29, 1.82) is 0 Å². The van der Waals surface area contributed by atoms with Crippen LogP contribution < -0.4 is 4.90 Å². The van der Waals surface area contributed by atoms with E-state index >= 15 is 0 Å². The maximum absolute atomic E-state index is 11.6. The van der Waals surface area contributed by atoms with Crippen LogP contribution in [0, 0.1) is 15.5 Å². The summed E-state index contributed by atoms with van der Waals surface area (Å²) in [6, 6.07) is 4.34. The van der Waals surface area contributed by atoms with Gasteiger partial charge >= 0.3 is 5.97 Å². The zero-order chi connectivity index (χ0) is 14.9. The van der Waals surface area contributed by atoms with Crippen LogP contribution in [0.25, 0.3) is 0 Å². The standard InChI is InChI=1S/C14H18N2O4/c1-14(2)6-7-15(9-14)12-8-10(13(17)20-3)4-5-11(12)16(18)19/h4-5,8H,6-7,9H2,1-3H3. The summed E-state index contributed by atoms with van der Waals surface area (Å²) in [5, 5.41) is 11.2. The summed E-state index contributed by atoms with van der Waals surface area (Å²) in [7, 11) is 1.29. The topological polar surface area (TPSA) is 72.7 Å². The van der Waals surface area contributed by atoms with Gasteiger partial charge in [-0.1, -0.05) is 13.8 Å². The summed E-state index contributed by atoms with van der Waals surface area (Å²) >= 11 is 0. The number of hydrogen-bond acceptors (Lipinski definition) is 5. The van der Waals surface area contributed by atoms with Crippen LogP contribution in [0.4, 0.5) is 11.4 Å². The van der Waals surface area contributed by atoms with Crippen molar-refractivity contribution < 1.29 is 14.5 Å². The molecular weight excluding hydrogens is 260 g/mol. The lowest BCUT2D eigenvalue weighted by molar-refractivity contribution is -0.384. The molecule has 6 nitrogen and oxygen atoms in total. The first-order chi connectivity index (χ1) is 9.34. The highest BCUT2D eigenvalue weighted by atomic mass is 16.6. The number of nitro groups is 1. The van der Waals surface area contributed by atoms with E-state index in [1.807, 2.05) is 4.90 Å². The number of esters is 1. The van der Waals surface area contributed by atoms with Gasteiger partial charge in [-0.05, 0) is 24.0 Å². The first-order valence-corrected chi connectivity index (χ1v) is 6.46. The molecule has 0 bridgehead atoms. The molecule has 0 aliphatic carbocycles. The minimum atomic E-state index is -0.486. The molecule has 1 aromatic carbocycles. The van der Waals surface area contributed by atoms with E-state index in [9.17, 15) is 14.9 Å². The molecule has 0 atom stereocenters. The van der Waals surface area contributed by atoms with Gasteiger partial charge in [-0.2, -0.15) is 0 Å². The van der Waals surface area contributed by atoms with Gasteiger partial charge in [0.15, 0.2) is 0 Å². The van der Waals surface area contributed by atoms with Crippen LogP contribution in [0.2, 0.25) is 0 Å². The van der Waals surface area contributed by atoms with E-state index in [-0.39, 0.29) is 11.1 Å². The number of methoxy groups -OCH3 is 1. The third-order valence-electron chi connectivity index (χ3n) is 3.61. The minimum absolute atomic E-state index is 0.0235. The van der Waals surface area contributed by atoms with Crippen LogP contribution in [0.1, 0.15) is 30.6 Å². The Morgan fingerprint density at radius 3 is 2.65 bits per heavy atom. The van der Waals surface area contributed by atoms with E-state index < -0.39 is 10.9 Å². The predicted molar refractivity (Wildman–Crippen MR) is 75.0 cm³/mol. The van der Waals surface area contributed by atoms with E-state index in [0.29, 0.717) is 11.3 Å². The number of hydrogen-bond donors (Lipinski definition) is 0. The maximum Gasteiger partial charge on any atom is 0.337 e. The lowest BCUT2D eigenvalue weighted by atomic mass is 9.93. The number of anilines is 1. The molecule has 0 spiro atoms. The van der Waals surface area contributed by atoms with Crippen molar-refractivity contribution in [3.05, 3.63) is 33.9 Å². The Labute approximate surface area is 117 Å². The summed E-state index contributed by atoms with van der Waals surface area (Å²) in [6.07, 6.45) is 0.965. The molecule has 0 saturated carbocycles. The van der Waals surface area contributed by atoms with Gasteiger partial charge in [0, 0.05) is 19.2 Å². The number of benzene rings is 1. The highest BCUT2D eigenvalue weighted by Crippen LogP contribution is 2.37. The van der Waals surface area contributed by atoms with E-state index in [1.165, 1.54) is 19.2 Å². The Morgan fingerprint density at radius 1 is 1.45 bits per heavy atom. The Kier molecular flexibility index (Phi) is 3.65. The molecule has 6 heteroatoms. The fourth-order valence-corrected chi connectivity index (χ4v) is 2.49. The van der Waals surface area contributed by atoms with Gasteiger partial charge in [-0.3, -0.25) is 10.1 Å². The minimum Gasteiger partial charge on any atom is -0.465 e. The number of carbonyl (C=O) groups is 1. The number of rotatable bonds is 3. The molecule has 1 aliphatic rings. The van der Waals surface area contributed by atoms with Gasteiger partial charge in [0.05, 0.1) is 17.6 Å². The average Bonchev–Trinajstić information content (AvgIpc) is 2.77. The molecule has 0 unspecified atom stereocenters. The normalized spacial score (nSPS) is 17.1. The molecule has 108 valence electrons. The molecule has 1 aromatic rings. The third-order valence-corrected chi connectivity index (χ3v) is 3.61. The van der Waals surface area contributed by atoms with E-state index in [1.54, 1.807) is 6.07 Å². The second kappa shape index (κ2) is 5.11. The van der Waals surface area contributed by atoms with Crippen LogP contribution >= 0.6 is 0 Å². The Hall–Kier alpha value is -2.11. The molecule has 0 aromatic heterocycles. The van der Waals surface area contributed by atoms with Crippen molar-refractivity contribution in [3.63, 3.8) is 0 Å². The summed E-state index contributed by atoms with van der Waals surface area (Å²) in [6.45, 7) is 5.74. The van der Waals surface area contributed by atoms with Crippen molar-refractivity contribution in [3.8, 4) is 0 Å². The zero-order valence-corrected chi connectivity index (χ0v) is 11.9. The SMILES string of the molecule is COC(=O)c1ccc([N+](=O)[O-])c(N2CCC(C)(C)C2)c1. The molecule has 0 N–H and O–H groups in total. The van der Waals surface area contributed by atoms with Crippen molar-refractivity contribution in [2.24, 2.45) is 5.41 Å². The molecule has 1 heterocycles. The molecule has 2 rings (SSSR count). The van der Waals surface area contributed by atoms with E-state index in [0.717, 1.165) is 19.5 Å². The number of carbonyl (C=O) groups excluding carboxylic acids is 1. The van der Waals surface area contributed by atoms with Crippen molar-refractivity contribution in [2.45, 2.75) is 20.3 Å². The second-order valence-corrected chi connectivity index (χ2v) is 5.79. The predicted octanol–water partition coefficient (Wildman–Crippen LogP) is 2.62. The lowest BCUT2D eigenvalue weighted by Crippen LogP contribution is -2.23. The van der Waals surface area contributed by atoms with Crippen LogP contribution in [-0.4, -0.2) is 31.1 Å². The van der Waals surface area contributed by atoms with Gasteiger partial charge < -0.3 is 9.64 Å². The van der Waals surface area contributed by atoms with Crippen molar-refractivity contribution >= 4 is 17.3 Å². The zero-order valence-electron chi connectivity index (χ0n) is 11.9. The molecular formula is C14H18N2O4. The van der Waals surface area contributed by atoms with Crippen LogP contribution in [0.15, 0.2) is 18.2 Å². The number of nitrogens with zero attached hydrogens (tertiary/aromatic N) is 2. The quantitative estimate of drug-likeness (QED) is 0.483. The van der Waals surface area contributed by atoms with E-state index in [4.69, 9.17) is 0 Å². The van der Waals surface area contributed by atoms with Crippen molar-refractivity contribution in [1.82, 2.24) is 0 Å². The molecule has 20 heavy (non-hydrogen) atoms. The first-order valence-electron chi connectivity index (χ1n) is 6.46. The van der Waals surface area contributed by atoms with Gasteiger partial charge in [-0.25, -0.2) is 4.79 Å². The monoisotopic (exact) mass is 278 g/mol. The second-order valence-electron chi connectivity index (χ2n) is 5.79. The van der Waals surface area contributed by atoms with Crippen molar-refractivity contribution in [2.75, 3.05) is 25.1 Å². The summed E-state index contributed by atoms with van der Waals surface area (Å²) in [4.78, 5) is 24.3. The Morgan fingerprint density at radius 2 is 2.15 bits per heavy atom. The van der Waals surface area contributed by atoms with Crippen LogP contribution in [0.3, 0.4) is 0 Å². The number of nitro benzene ring substituents is 1. The molecule has 0 radical (unpaired) electrons. The highest BCUT2D eigenvalue weighted by molar-refractivity contribution is 5.91. The molecule has 1 fully saturated rings. The average molecular weight is 278 g/mol. The highest BCUT2D eigenvalue weighted by Gasteiger charge is 2.33. The maximum atomic E-state index is 11.6. The van der Waals surface area contributed by atoms with Crippen LogP contribution in [-0.2, 0) is 4.74 Å².